The van der Waals surface area contributed by atoms with Gasteiger partial charge in [0, 0.05) is 62.8 Å². The highest BCUT2D eigenvalue weighted by Crippen LogP contribution is 2.26. The molecular formula is C25H29N5O2. The van der Waals surface area contributed by atoms with E-state index in [2.05, 4.69) is 27.5 Å². The lowest BCUT2D eigenvalue weighted by Gasteiger charge is -2.32. The first-order valence-electron chi connectivity index (χ1n) is 11.0. The number of hydrogen-bond donors (Lipinski definition) is 2. The predicted molar refractivity (Wildman–Crippen MR) is 128 cm³/mol. The molecule has 3 aromatic rings. The lowest BCUT2D eigenvalue weighted by molar-refractivity contribution is -0.114. The molecule has 2 N–H and O–H groups in total. The van der Waals surface area contributed by atoms with Crippen molar-refractivity contribution >= 4 is 28.4 Å². The van der Waals surface area contributed by atoms with E-state index in [0.717, 1.165) is 60.6 Å². The van der Waals surface area contributed by atoms with Gasteiger partial charge in [-0.15, -0.1) is 0 Å². The van der Waals surface area contributed by atoms with E-state index in [0.29, 0.717) is 12.1 Å². The Hall–Kier alpha value is -3.29. The summed E-state index contributed by atoms with van der Waals surface area (Å²) in [5.74, 6) is -0.203. The van der Waals surface area contributed by atoms with Crippen LogP contribution < -0.4 is 10.6 Å². The molecule has 166 valence electrons. The van der Waals surface area contributed by atoms with Crippen LogP contribution in [-0.4, -0.2) is 72.9 Å². The van der Waals surface area contributed by atoms with Crippen LogP contribution >= 0.6 is 0 Å². The number of anilines is 1. The molecule has 7 heteroatoms. The molecule has 1 aliphatic heterocycles. The SMILES string of the molecule is CC(=O)Nc1ccc(-c2cc(C(=O)NCCN3CCN(C)CC3)c3ccccc3n2)cc1. The van der Waals surface area contributed by atoms with Gasteiger partial charge in [0.05, 0.1) is 16.8 Å². The monoisotopic (exact) mass is 431 g/mol. The van der Waals surface area contributed by atoms with Crippen molar-refractivity contribution in [2.24, 2.45) is 0 Å². The minimum Gasteiger partial charge on any atom is -0.351 e. The summed E-state index contributed by atoms with van der Waals surface area (Å²) in [6.45, 7) is 7.12. The fraction of sp³-hybridized carbons (Fsp3) is 0.320. The smallest absolute Gasteiger partial charge is 0.252 e. The largest absolute Gasteiger partial charge is 0.351 e. The van der Waals surface area contributed by atoms with E-state index in [4.69, 9.17) is 4.98 Å². The number of rotatable bonds is 6. The summed E-state index contributed by atoms with van der Waals surface area (Å²) < 4.78 is 0. The summed E-state index contributed by atoms with van der Waals surface area (Å²) in [5, 5.41) is 6.69. The van der Waals surface area contributed by atoms with Crippen molar-refractivity contribution in [2.45, 2.75) is 6.92 Å². The van der Waals surface area contributed by atoms with Crippen LogP contribution in [0.15, 0.2) is 54.6 Å². The van der Waals surface area contributed by atoms with Crippen molar-refractivity contribution in [3.63, 3.8) is 0 Å². The highest BCUT2D eigenvalue weighted by molar-refractivity contribution is 6.07. The first-order valence-corrected chi connectivity index (χ1v) is 11.0. The van der Waals surface area contributed by atoms with E-state index in [1.54, 1.807) is 0 Å². The van der Waals surface area contributed by atoms with E-state index >= 15 is 0 Å². The van der Waals surface area contributed by atoms with Crippen LogP contribution in [0.3, 0.4) is 0 Å². The standard InChI is InChI=1S/C25H29N5O2/c1-18(31)27-20-9-7-19(8-10-20)24-17-22(21-5-3-4-6-23(21)28-24)25(32)26-11-12-30-15-13-29(2)14-16-30/h3-10,17H,11-16H2,1-2H3,(H,26,32)(H,27,31). The molecule has 2 heterocycles. The Morgan fingerprint density at radius 2 is 1.72 bits per heavy atom. The molecule has 7 nitrogen and oxygen atoms in total. The molecule has 1 aliphatic rings. The van der Waals surface area contributed by atoms with Crippen LogP contribution in [0.5, 0.6) is 0 Å². The van der Waals surface area contributed by atoms with E-state index < -0.39 is 0 Å². The minimum atomic E-state index is -0.114. The Kier molecular flexibility index (Phi) is 6.78. The predicted octanol–water partition coefficient (Wildman–Crippen LogP) is 2.84. The van der Waals surface area contributed by atoms with Crippen LogP contribution in [-0.2, 0) is 4.79 Å². The molecule has 4 rings (SSSR count). The van der Waals surface area contributed by atoms with Gasteiger partial charge in [-0.05, 0) is 31.3 Å². The van der Waals surface area contributed by atoms with Crippen LogP contribution in [0.25, 0.3) is 22.2 Å². The maximum absolute atomic E-state index is 13.1. The average Bonchev–Trinajstić information content (AvgIpc) is 2.79. The van der Waals surface area contributed by atoms with Crippen molar-refractivity contribution in [3.05, 3.63) is 60.2 Å². The molecule has 0 radical (unpaired) electrons. The van der Waals surface area contributed by atoms with Gasteiger partial charge in [-0.1, -0.05) is 30.3 Å². The Labute approximate surface area is 188 Å². The summed E-state index contributed by atoms with van der Waals surface area (Å²) in [7, 11) is 2.14. The average molecular weight is 432 g/mol. The summed E-state index contributed by atoms with van der Waals surface area (Å²) in [4.78, 5) is 33.8. The number of fused-ring (bicyclic) bond motifs is 1. The number of carbonyl (C=O) groups is 2. The van der Waals surface area contributed by atoms with Gasteiger partial charge in [-0.25, -0.2) is 4.98 Å². The second kappa shape index (κ2) is 9.89. The number of benzene rings is 2. The number of aromatic nitrogens is 1. The van der Waals surface area contributed by atoms with Crippen LogP contribution in [0.1, 0.15) is 17.3 Å². The number of nitrogens with zero attached hydrogens (tertiary/aromatic N) is 3. The maximum atomic E-state index is 13.1. The quantitative estimate of drug-likeness (QED) is 0.628. The number of nitrogens with one attached hydrogen (secondary N) is 2. The number of pyridine rings is 1. The van der Waals surface area contributed by atoms with Crippen molar-refractivity contribution in [2.75, 3.05) is 51.6 Å². The second-order valence-electron chi connectivity index (χ2n) is 8.23. The first-order chi connectivity index (χ1) is 15.5. The van der Waals surface area contributed by atoms with Gasteiger partial charge in [0.25, 0.3) is 5.91 Å². The zero-order chi connectivity index (χ0) is 22.5. The van der Waals surface area contributed by atoms with E-state index in [-0.39, 0.29) is 11.8 Å². The fourth-order valence-corrected chi connectivity index (χ4v) is 3.93. The third-order valence-corrected chi connectivity index (χ3v) is 5.77. The molecule has 32 heavy (non-hydrogen) atoms. The van der Waals surface area contributed by atoms with E-state index in [1.165, 1.54) is 6.92 Å². The molecule has 1 saturated heterocycles. The summed E-state index contributed by atoms with van der Waals surface area (Å²) in [6, 6.07) is 17.0. The van der Waals surface area contributed by atoms with E-state index in [9.17, 15) is 9.59 Å². The first kappa shape index (κ1) is 21.9. The number of carbonyl (C=O) groups excluding carboxylic acids is 2. The Balaban J connectivity index is 1.52. The molecule has 0 spiro atoms. The Bertz CT molecular complexity index is 1110. The summed E-state index contributed by atoms with van der Waals surface area (Å²) in [5.41, 5.74) is 3.73. The summed E-state index contributed by atoms with van der Waals surface area (Å²) >= 11 is 0. The molecule has 1 aromatic heterocycles. The summed E-state index contributed by atoms with van der Waals surface area (Å²) in [6.07, 6.45) is 0. The van der Waals surface area contributed by atoms with Gasteiger partial charge >= 0.3 is 0 Å². The number of para-hydroxylation sites is 1. The van der Waals surface area contributed by atoms with Crippen molar-refractivity contribution in [3.8, 4) is 11.3 Å². The van der Waals surface area contributed by atoms with Gasteiger partial charge in [-0.2, -0.15) is 0 Å². The fourth-order valence-electron chi connectivity index (χ4n) is 3.93. The lowest BCUT2D eigenvalue weighted by atomic mass is 10.0. The lowest BCUT2D eigenvalue weighted by Crippen LogP contribution is -2.46. The van der Waals surface area contributed by atoms with Crippen molar-refractivity contribution in [1.29, 1.82) is 0 Å². The topological polar surface area (TPSA) is 77.6 Å². The van der Waals surface area contributed by atoms with Gasteiger partial charge in [-0.3, -0.25) is 14.5 Å². The van der Waals surface area contributed by atoms with E-state index in [1.807, 2.05) is 54.6 Å². The molecule has 0 saturated carbocycles. The van der Waals surface area contributed by atoms with Crippen LogP contribution in [0.2, 0.25) is 0 Å². The zero-order valence-corrected chi connectivity index (χ0v) is 18.6. The van der Waals surface area contributed by atoms with Gasteiger partial charge in [0.2, 0.25) is 5.91 Å². The second-order valence-corrected chi connectivity index (χ2v) is 8.23. The molecule has 1 fully saturated rings. The Morgan fingerprint density at radius 1 is 1.00 bits per heavy atom. The molecular weight excluding hydrogens is 402 g/mol. The highest BCUT2D eigenvalue weighted by atomic mass is 16.2. The molecule has 2 amide bonds. The highest BCUT2D eigenvalue weighted by Gasteiger charge is 2.16. The normalized spacial score (nSPS) is 14.9. The number of amides is 2. The maximum Gasteiger partial charge on any atom is 0.252 e. The molecule has 2 aromatic carbocycles. The third kappa shape index (κ3) is 5.30. The number of piperazine rings is 1. The molecule has 0 aliphatic carbocycles. The van der Waals surface area contributed by atoms with Crippen LogP contribution in [0, 0.1) is 0 Å². The molecule has 0 atom stereocenters. The Morgan fingerprint density at radius 3 is 2.44 bits per heavy atom. The number of hydrogen-bond acceptors (Lipinski definition) is 5. The van der Waals surface area contributed by atoms with Crippen LogP contribution in [0.4, 0.5) is 5.69 Å². The van der Waals surface area contributed by atoms with Gasteiger partial charge in [0.1, 0.15) is 0 Å². The van der Waals surface area contributed by atoms with Gasteiger partial charge < -0.3 is 15.5 Å². The van der Waals surface area contributed by atoms with Crippen molar-refractivity contribution in [1.82, 2.24) is 20.1 Å². The molecule has 0 bridgehead atoms. The van der Waals surface area contributed by atoms with Gasteiger partial charge in [0.15, 0.2) is 0 Å². The van der Waals surface area contributed by atoms with Crippen molar-refractivity contribution < 1.29 is 9.59 Å². The number of likely N-dealkylation sites (N-methyl/N-ethyl adjacent to an activating group) is 1. The minimum absolute atomic E-state index is 0.0890. The third-order valence-electron chi connectivity index (χ3n) is 5.77. The zero-order valence-electron chi connectivity index (χ0n) is 18.6. The molecule has 0 unspecified atom stereocenters.